The molecule has 0 saturated carbocycles. The summed E-state index contributed by atoms with van der Waals surface area (Å²) in [6, 6.07) is 7.55. The highest BCUT2D eigenvalue weighted by Crippen LogP contribution is 2.37. The number of alkyl halides is 2. The van der Waals surface area contributed by atoms with Crippen LogP contribution in [-0.4, -0.2) is 27.7 Å². The fourth-order valence-electron chi connectivity index (χ4n) is 1.25. The molecule has 0 aliphatic heterocycles. The van der Waals surface area contributed by atoms with Gasteiger partial charge in [-0.2, -0.15) is 8.78 Å². The number of Topliss-reactive ketones (excluding diaryl/α,β-unsaturated/α-hetero) is 1. The van der Waals surface area contributed by atoms with Gasteiger partial charge in [-0.15, -0.1) is 0 Å². The number of carbonyl (C=O) groups excluding carboxylic acids is 1. The Morgan fingerprint density at radius 2 is 1.76 bits per heavy atom. The van der Waals surface area contributed by atoms with Crippen LogP contribution in [0.25, 0.3) is 0 Å². The number of benzene rings is 1. The third-order valence-corrected chi connectivity index (χ3v) is 2.73. The van der Waals surface area contributed by atoms with Crippen molar-refractivity contribution in [2.24, 2.45) is 0 Å². The summed E-state index contributed by atoms with van der Waals surface area (Å²) in [5.41, 5.74) is 0.233. The van der Waals surface area contributed by atoms with Crippen molar-refractivity contribution < 1.29 is 27.9 Å². The van der Waals surface area contributed by atoms with Crippen LogP contribution in [0, 0.1) is 0 Å². The molecule has 0 spiro atoms. The largest absolute Gasteiger partial charge is 0.333 e. The lowest BCUT2D eigenvalue weighted by Crippen LogP contribution is -2.33. The SMILES string of the molecule is O=C(CP(=O)(O)O)C(F)(F)Cc1ccccc1. The number of carbonyl (C=O) groups is 1. The minimum Gasteiger partial charge on any atom is -0.324 e. The molecule has 0 radical (unpaired) electrons. The summed E-state index contributed by atoms with van der Waals surface area (Å²) in [4.78, 5) is 28.0. The summed E-state index contributed by atoms with van der Waals surface area (Å²) in [6.45, 7) is 0. The molecule has 4 nitrogen and oxygen atoms in total. The molecule has 0 fully saturated rings. The average molecular weight is 264 g/mol. The molecule has 1 aromatic rings. The summed E-state index contributed by atoms with van der Waals surface area (Å²) in [5, 5.41) is 0. The van der Waals surface area contributed by atoms with Crippen molar-refractivity contribution in [1.29, 1.82) is 0 Å². The molecule has 0 aliphatic carbocycles. The maximum atomic E-state index is 13.3. The van der Waals surface area contributed by atoms with Gasteiger partial charge >= 0.3 is 13.5 Å². The summed E-state index contributed by atoms with van der Waals surface area (Å²) in [6.07, 6.45) is -2.29. The van der Waals surface area contributed by atoms with E-state index in [0.717, 1.165) is 0 Å². The van der Waals surface area contributed by atoms with Crippen molar-refractivity contribution in [2.45, 2.75) is 12.3 Å². The lowest BCUT2D eigenvalue weighted by molar-refractivity contribution is -0.140. The van der Waals surface area contributed by atoms with Crippen LogP contribution in [0.4, 0.5) is 8.78 Å². The van der Waals surface area contributed by atoms with Crippen LogP contribution >= 0.6 is 7.60 Å². The van der Waals surface area contributed by atoms with E-state index < -0.39 is 31.9 Å². The molecule has 17 heavy (non-hydrogen) atoms. The first kappa shape index (κ1) is 14.0. The average Bonchev–Trinajstić information content (AvgIpc) is 2.15. The molecule has 7 heteroatoms. The van der Waals surface area contributed by atoms with E-state index in [2.05, 4.69) is 0 Å². The number of hydrogen-bond donors (Lipinski definition) is 2. The van der Waals surface area contributed by atoms with Crippen molar-refractivity contribution in [3.05, 3.63) is 35.9 Å². The van der Waals surface area contributed by atoms with Crippen molar-refractivity contribution in [2.75, 3.05) is 6.16 Å². The van der Waals surface area contributed by atoms with Gasteiger partial charge in [-0.1, -0.05) is 30.3 Å². The summed E-state index contributed by atoms with van der Waals surface area (Å²) in [5.74, 6) is -5.50. The van der Waals surface area contributed by atoms with Crippen LogP contribution in [0.15, 0.2) is 30.3 Å². The van der Waals surface area contributed by atoms with Gasteiger partial charge in [0.15, 0.2) is 0 Å². The Balaban J connectivity index is 2.75. The lowest BCUT2D eigenvalue weighted by atomic mass is 10.0. The molecular weight excluding hydrogens is 253 g/mol. The highest BCUT2D eigenvalue weighted by Gasteiger charge is 2.41. The van der Waals surface area contributed by atoms with Crippen LogP contribution in [0.2, 0.25) is 0 Å². The van der Waals surface area contributed by atoms with E-state index >= 15 is 0 Å². The normalized spacial score (nSPS) is 12.5. The topological polar surface area (TPSA) is 74.6 Å². The van der Waals surface area contributed by atoms with E-state index in [1.165, 1.54) is 12.1 Å². The monoisotopic (exact) mass is 264 g/mol. The maximum Gasteiger partial charge on any atom is 0.333 e. The Morgan fingerprint density at radius 3 is 2.24 bits per heavy atom. The Kier molecular flexibility index (Phi) is 4.14. The van der Waals surface area contributed by atoms with Crippen LogP contribution in [-0.2, 0) is 15.8 Å². The number of hydrogen-bond acceptors (Lipinski definition) is 2. The maximum absolute atomic E-state index is 13.3. The van der Waals surface area contributed by atoms with Crippen LogP contribution in [0.3, 0.4) is 0 Å². The molecule has 0 aromatic heterocycles. The fourth-order valence-corrected chi connectivity index (χ4v) is 1.86. The Labute approximate surface area is 96.4 Å². The second-order valence-corrected chi connectivity index (χ2v) is 5.26. The minimum absolute atomic E-state index is 0.233. The zero-order chi connectivity index (χ0) is 13.1. The van der Waals surface area contributed by atoms with Crippen molar-refractivity contribution >= 4 is 13.4 Å². The van der Waals surface area contributed by atoms with Gasteiger partial charge in [0.2, 0.25) is 5.78 Å². The van der Waals surface area contributed by atoms with Gasteiger partial charge in [-0.05, 0) is 5.56 Å². The third kappa shape index (κ3) is 4.73. The molecule has 0 unspecified atom stereocenters. The van der Waals surface area contributed by atoms with Crippen molar-refractivity contribution in [1.82, 2.24) is 0 Å². The van der Waals surface area contributed by atoms with Crippen molar-refractivity contribution in [3.63, 3.8) is 0 Å². The second-order valence-electron chi connectivity index (χ2n) is 3.61. The molecule has 0 saturated heterocycles. The zero-order valence-electron chi connectivity index (χ0n) is 8.72. The van der Waals surface area contributed by atoms with Gasteiger partial charge in [0.1, 0.15) is 6.16 Å². The Hall–Kier alpha value is -1.10. The second kappa shape index (κ2) is 5.04. The Morgan fingerprint density at radius 1 is 1.24 bits per heavy atom. The van der Waals surface area contributed by atoms with E-state index in [1.54, 1.807) is 18.2 Å². The molecule has 1 rings (SSSR count). The predicted molar refractivity (Wildman–Crippen MR) is 57.0 cm³/mol. The highest BCUT2D eigenvalue weighted by molar-refractivity contribution is 7.52. The standard InChI is InChI=1S/C10H11F2O4P/c11-10(12,9(13)7-17(14,15)16)6-8-4-2-1-3-5-8/h1-5H,6-7H2,(H2,14,15,16). The van der Waals surface area contributed by atoms with Crippen molar-refractivity contribution in [3.8, 4) is 0 Å². The molecule has 0 aliphatic rings. The smallest absolute Gasteiger partial charge is 0.324 e. The van der Waals surface area contributed by atoms with Crippen LogP contribution in [0.5, 0.6) is 0 Å². The fraction of sp³-hybridized carbons (Fsp3) is 0.300. The third-order valence-electron chi connectivity index (χ3n) is 2.03. The zero-order valence-corrected chi connectivity index (χ0v) is 9.61. The van der Waals surface area contributed by atoms with Crippen LogP contribution < -0.4 is 0 Å². The molecular formula is C10H11F2O4P. The summed E-state index contributed by atoms with van der Waals surface area (Å²) >= 11 is 0. The van der Waals surface area contributed by atoms with E-state index in [1.807, 2.05) is 0 Å². The van der Waals surface area contributed by atoms with Gasteiger partial charge in [0.05, 0.1) is 0 Å². The quantitative estimate of drug-likeness (QED) is 0.792. The van der Waals surface area contributed by atoms with Gasteiger partial charge in [-0.3, -0.25) is 9.36 Å². The Bertz CT molecular complexity index is 441. The summed E-state index contributed by atoms with van der Waals surface area (Å²) < 4.78 is 37.2. The minimum atomic E-state index is -4.75. The number of rotatable bonds is 5. The molecule has 0 heterocycles. The molecule has 2 N–H and O–H groups in total. The van der Waals surface area contributed by atoms with E-state index in [-0.39, 0.29) is 5.56 Å². The molecule has 1 aromatic carbocycles. The first-order valence-electron chi connectivity index (χ1n) is 4.70. The van der Waals surface area contributed by atoms with E-state index in [0.29, 0.717) is 0 Å². The molecule has 0 amide bonds. The van der Waals surface area contributed by atoms with E-state index in [9.17, 15) is 18.1 Å². The van der Waals surface area contributed by atoms with Gasteiger partial charge in [-0.25, -0.2) is 0 Å². The lowest BCUT2D eigenvalue weighted by Gasteiger charge is -2.15. The van der Waals surface area contributed by atoms with Gasteiger partial charge in [0.25, 0.3) is 0 Å². The summed E-state index contributed by atoms with van der Waals surface area (Å²) in [7, 11) is -4.75. The first-order chi connectivity index (χ1) is 7.71. The van der Waals surface area contributed by atoms with E-state index in [4.69, 9.17) is 9.79 Å². The molecule has 94 valence electrons. The number of ketones is 1. The number of halogens is 2. The van der Waals surface area contributed by atoms with Gasteiger partial charge in [0, 0.05) is 6.42 Å². The predicted octanol–water partition coefficient (Wildman–Crippen LogP) is 1.61. The molecule has 0 bridgehead atoms. The molecule has 0 atom stereocenters. The first-order valence-corrected chi connectivity index (χ1v) is 6.50. The van der Waals surface area contributed by atoms with Gasteiger partial charge < -0.3 is 9.79 Å². The highest BCUT2D eigenvalue weighted by atomic mass is 31.2. The van der Waals surface area contributed by atoms with Crippen LogP contribution in [0.1, 0.15) is 5.56 Å².